The summed E-state index contributed by atoms with van der Waals surface area (Å²) < 4.78 is 10.2. The number of aryl methyl sites for hydroxylation is 1. The van der Waals surface area contributed by atoms with E-state index in [9.17, 15) is 4.79 Å². The van der Waals surface area contributed by atoms with Gasteiger partial charge in [0.1, 0.15) is 5.75 Å². The summed E-state index contributed by atoms with van der Waals surface area (Å²) in [5.74, 6) is 0.655. The van der Waals surface area contributed by atoms with E-state index in [2.05, 4.69) is 5.32 Å². The first-order valence-electron chi connectivity index (χ1n) is 5.78. The third-order valence-electron chi connectivity index (χ3n) is 2.72. The molecule has 5 heteroatoms. The van der Waals surface area contributed by atoms with Gasteiger partial charge >= 0.3 is 0 Å². The quantitative estimate of drug-likeness (QED) is 0.800. The van der Waals surface area contributed by atoms with Crippen molar-refractivity contribution in [3.63, 3.8) is 0 Å². The van der Waals surface area contributed by atoms with Gasteiger partial charge in [-0.25, -0.2) is 0 Å². The van der Waals surface area contributed by atoms with E-state index in [0.29, 0.717) is 6.54 Å². The van der Waals surface area contributed by atoms with Gasteiger partial charge < -0.3 is 20.5 Å². The summed E-state index contributed by atoms with van der Waals surface area (Å²) in [6.45, 7) is 2.24. The Kier molecular flexibility index (Phi) is 5.61. The molecule has 1 rings (SSSR count). The summed E-state index contributed by atoms with van der Waals surface area (Å²) in [5, 5.41) is 2.83. The predicted molar refractivity (Wildman–Crippen MR) is 70.8 cm³/mol. The molecule has 0 saturated carbocycles. The van der Waals surface area contributed by atoms with Crippen LogP contribution in [0.2, 0.25) is 0 Å². The van der Waals surface area contributed by atoms with Crippen LogP contribution in [0.1, 0.15) is 12.0 Å². The topological polar surface area (TPSA) is 73.6 Å². The van der Waals surface area contributed by atoms with Gasteiger partial charge in [-0.15, -0.1) is 0 Å². The van der Waals surface area contributed by atoms with Crippen LogP contribution in [0.5, 0.6) is 5.75 Å². The highest BCUT2D eigenvalue weighted by molar-refractivity contribution is 5.91. The van der Waals surface area contributed by atoms with Gasteiger partial charge in [-0.1, -0.05) is 0 Å². The molecule has 0 aromatic heterocycles. The molecule has 1 atom stereocenters. The fourth-order valence-electron chi connectivity index (χ4n) is 1.57. The number of amides is 1. The lowest BCUT2D eigenvalue weighted by atomic mass is 10.1. The summed E-state index contributed by atoms with van der Waals surface area (Å²) >= 11 is 0. The molecule has 0 saturated heterocycles. The Morgan fingerprint density at radius 2 is 2.17 bits per heavy atom. The smallest absolute Gasteiger partial charge is 0.227 e. The van der Waals surface area contributed by atoms with Crippen molar-refractivity contribution < 1.29 is 14.3 Å². The lowest BCUT2D eigenvalue weighted by molar-refractivity contribution is -0.118. The van der Waals surface area contributed by atoms with Crippen LogP contribution in [0.4, 0.5) is 5.69 Å². The van der Waals surface area contributed by atoms with Crippen molar-refractivity contribution >= 4 is 11.6 Å². The number of ether oxygens (including phenoxy) is 2. The first-order valence-corrected chi connectivity index (χ1v) is 5.78. The Morgan fingerprint density at radius 1 is 1.44 bits per heavy atom. The van der Waals surface area contributed by atoms with Crippen molar-refractivity contribution in [1.82, 2.24) is 0 Å². The molecule has 100 valence electrons. The lowest BCUT2D eigenvalue weighted by Crippen LogP contribution is -2.28. The van der Waals surface area contributed by atoms with Gasteiger partial charge in [0, 0.05) is 19.3 Å². The van der Waals surface area contributed by atoms with Crippen LogP contribution in [0.25, 0.3) is 0 Å². The number of methoxy groups -OCH3 is 2. The Hall–Kier alpha value is -1.59. The number of rotatable bonds is 6. The number of carbonyl (C=O) groups excluding carboxylic acids is 1. The zero-order chi connectivity index (χ0) is 13.5. The Bertz CT molecular complexity index is 403. The van der Waals surface area contributed by atoms with Crippen molar-refractivity contribution in [2.24, 2.45) is 5.73 Å². The van der Waals surface area contributed by atoms with Gasteiger partial charge in [0.15, 0.2) is 0 Å². The summed E-state index contributed by atoms with van der Waals surface area (Å²) in [6.07, 6.45) is 0.00177. The van der Waals surface area contributed by atoms with Crippen LogP contribution in [-0.2, 0) is 9.53 Å². The number of benzene rings is 1. The molecule has 0 fully saturated rings. The molecule has 1 aromatic carbocycles. The summed E-state index contributed by atoms with van der Waals surface area (Å²) in [7, 11) is 3.15. The van der Waals surface area contributed by atoms with Crippen LogP contribution in [-0.4, -0.2) is 32.8 Å². The van der Waals surface area contributed by atoms with E-state index < -0.39 is 0 Å². The molecule has 0 bridgehead atoms. The van der Waals surface area contributed by atoms with Crippen molar-refractivity contribution in [2.45, 2.75) is 19.4 Å². The van der Waals surface area contributed by atoms with E-state index in [-0.39, 0.29) is 18.4 Å². The largest absolute Gasteiger partial charge is 0.497 e. The molecule has 0 aliphatic carbocycles. The number of nitrogens with one attached hydrogen (secondary N) is 1. The maximum Gasteiger partial charge on any atom is 0.227 e. The van der Waals surface area contributed by atoms with Crippen molar-refractivity contribution in [3.05, 3.63) is 23.8 Å². The van der Waals surface area contributed by atoms with E-state index in [1.807, 2.05) is 19.1 Å². The monoisotopic (exact) mass is 252 g/mol. The molecule has 18 heavy (non-hydrogen) atoms. The van der Waals surface area contributed by atoms with Crippen molar-refractivity contribution in [2.75, 3.05) is 26.1 Å². The van der Waals surface area contributed by atoms with Gasteiger partial charge in [0.2, 0.25) is 5.91 Å². The SMILES string of the molecule is COc1ccc(NC(=O)CC(CN)OC)c(C)c1. The minimum absolute atomic E-state index is 0.111. The third-order valence-corrected chi connectivity index (χ3v) is 2.72. The molecule has 0 heterocycles. The highest BCUT2D eigenvalue weighted by atomic mass is 16.5. The van der Waals surface area contributed by atoms with E-state index in [1.54, 1.807) is 20.3 Å². The van der Waals surface area contributed by atoms with E-state index in [4.69, 9.17) is 15.2 Å². The van der Waals surface area contributed by atoms with Crippen LogP contribution >= 0.6 is 0 Å². The molecule has 0 aliphatic rings. The van der Waals surface area contributed by atoms with Gasteiger partial charge in [-0.2, -0.15) is 0 Å². The van der Waals surface area contributed by atoms with Gasteiger partial charge in [-0.3, -0.25) is 4.79 Å². The Labute approximate surface area is 107 Å². The molecule has 5 nitrogen and oxygen atoms in total. The van der Waals surface area contributed by atoms with Crippen LogP contribution in [0, 0.1) is 6.92 Å². The zero-order valence-corrected chi connectivity index (χ0v) is 11.0. The second-order valence-electron chi connectivity index (χ2n) is 4.03. The number of hydrogen-bond acceptors (Lipinski definition) is 4. The minimum Gasteiger partial charge on any atom is -0.497 e. The fourth-order valence-corrected chi connectivity index (χ4v) is 1.57. The molecular weight excluding hydrogens is 232 g/mol. The molecule has 0 aliphatic heterocycles. The molecule has 1 aromatic rings. The van der Waals surface area contributed by atoms with Crippen LogP contribution in [0.3, 0.4) is 0 Å². The van der Waals surface area contributed by atoms with Crippen molar-refractivity contribution in [1.29, 1.82) is 0 Å². The molecule has 0 spiro atoms. The Balaban J connectivity index is 2.64. The standard InChI is InChI=1S/C13H20N2O3/c1-9-6-10(17-2)4-5-12(9)15-13(16)7-11(8-14)18-3/h4-6,11H,7-8,14H2,1-3H3,(H,15,16). The van der Waals surface area contributed by atoms with Gasteiger partial charge in [0.25, 0.3) is 0 Å². The lowest BCUT2D eigenvalue weighted by Gasteiger charge is -2.14. The average molecular weight is 252 g/mol. The van der Waals surface area contributed by atoms with E-state index in [0.717, 1.165) is 17.0 Å². The highest BCUT2D eigenvalue weighted by Crippen LogP contribution is 2.21. The van der Waals surface area contributed by atoms with E-state index in [1.165, 1.54) is 0 Å². The van der Waals surface area contributed by atoms with Crippen LogP contribution < -0.4 is 15.8 Å². The number of carbonyl (C=O) groups is 1. The second-order valence-corrected chi connectivity index (χ2v) is 4.03. The van der Waals surface area contributed by atoms with Crippen molar-refractivity contribution in [3.8, 4) is 5.75 Å². The molecule has 1 unspecified atom stereocenters. The summed E-state index contributed by atoms with van der Waals surface area (Å²) in [6, 6.07) is 5.49. The molecule has 3 N–H and O–H groups in total. The Morgan fingerprint density at radius 3 is 2.67 bits per heavy atom. The number of hydrogen-bond donors (Lipinski definition) is 2. The summed E-state index contributed by atoms with van der Waals surface area (Å²) in [5.41, 5.74) is 7.19. The predicted octanol–water partition coefficient (Wildman–Crippen LogP) is 1.31. The second kappa shape index (κ2) is 6.98. The normalized spacial score (nSPS) is 12.0. The summed E-state index contributed by atoms with van der Waals surface area (Å²) in [4.78, 5) is 11.8. The highest BCUT2D eigenvalue weighted by Gasteiger charge is 2.12. The average Bonchev–Trinajstić information content (AvgIpc) is 2.38. The maximum absolute atomic E-state index is 11.8. The third kappa shape index (κ3) is 4.01. The molecule has 1 amide bonds. The molecular formula is C13H20N2O3. The van der Waals surface area contributed by atoms with Gasteiger partial charge in [-0.05, 0) is 30.7 Å². The van der Waals surface area contributed by atoms with Gasteiger partial charge in [0.05, 0.1) is 19.6 Å². The first-order chi connectivity index (χ1) is 8.60. The first kappa shape index (κ1) is 14.5. The number of anilines is 1. The number of nitrogens with two attached hydrogens (primary N) is 1. The minimum atomic E-state index is -0.247. The van der Waals surface area contributed by atoms with Crippen LogP contribution in [0.15, 0.2) is 18.2 Å². The maximum atomic E-state index is 11.8. The molecule has 0 radical (unpaired) electrons. The zero-order valence-electron chi connectivity index (χ0n) is 11.0. The van der Waals surface area contributed by atoms with E-state index >= 15 is 0 Å². The fraction of sp³-hybridized carbons (Fsp3) is 0.462.